The van der Waals surface area contributed by atoms with Gasteiger partial charge in [0.2, 0.25) is 10.0 Å². The molecule has 0 aliphatic heterocycles. The van der Waals surface area contributed by atoms with Gasteiger partial charge in [0, 0.05) is 18.7 Å². The van der Waals surface area contributed by atoms with Crippen LogP contribution in [0.3, 0.4) is 0 Å². The molecular formula is C14H14F2N2O2S. The Kier molecular flexibility index (Phi) is 4.66. The van der Waals surface area contributed by atoms with E-state index in [1.165, 1.54) is 24.3 Å². The van der Waals surface area contributed by atoms with E-state index >= 15 is 0 Å². The molecule has 0 aromatic heterocycles. The summed E-state index contributed by atoms with van der Waals surface area (Å²) < 4.78 is 48.9. The van der Waals surface area contributed by atoms with E-state index in [0.29, 0.717) is 12.1 Å². The van der Waals surface area contributed by atoms with E-state index < -0.39 is 21.7 Å². The van der Waals surface area contributed by atoms with Crippen molar-refractivity contribution >= 4 is 10.0 Å². The fourth-order valence-electron chi connectivity index (χ4n) is 1.86. The third-order valence-corrected chi connectivity index (χ3v) is 3.81. The van der Waals surface area contributed by atoms with Crippen LogP contribution in [-0.4, -0.2) is 8.42 Å². The minimum Gasteiger partial charge on any atom is -0.309 e. The molecule has 2 aromatic rings. The monoisotopic (exact) mass is 312 g/mol. The molecule has 21 heavy (non-hydrogen) atoms. The number of nitrogens with two attached hydrogens (primary N) is 1. The van der Waals surface area contributed by atoms with Crippen molar-refractivity contribution in [3.63, 3.8) is 0 Å². The maximum atomic E-state index is 13.4. The second-order valence-corrected chi connectivity index (χ2v) is 6.07. The standard InChI is InChI=1S/C14H14F2N2O2S/c15-13-6-2-4-11(14(13)16)9-18-8-10-3-1-5-12(7-10)21(17,19)20/h1-7,18H,8-9H2,(H2,17,19,20). The van der Waals surface area contributed by atoms with Gasteiger partial charge in [-0.05, 0) is 23.8 Å². The average Bonchev–Trinajstić information content (AvgIpc) is 2.43. The zero-order valence-electron chi connectivity index (χ0n) is 11.0. The third kappa shape index (κ3) is 4.07. The number of nitrogens with one attached hydrogen (secondary N) is 1. The number of hydrogen-bond acceptors (Lipinski definition) is 3. The maximum absolute atomic E-state index is 13.4. The summed E-state index contributed by atoms with van der Waals surface area (Å²) in [5, 5.41) is 7.96. The van der Waals surface area contributed by atoms with Gasteiger partial charge >= 0.3 is 0 Å². The summed E-state index contributed by atoms with van der Waals surface area (Å²) in [6.07, 6.45) is 0. The molecule has 0 aliphatic rings. The molecule has 0 fully saturated rings. The number of hydrogen-bond donors (Lipinski definition) is 2. The van der Waals surface area contributed by atoms with E-state index in [2.05, 4.69) is 5.32 Å². The van der Waals surface area contributed by atoms with Crippen LogP contribution in [0.15, 0.2) is 47.4 Å². The highest BCUT2D eigenvalue weighted by molar-refractivity contribution is 7.89. The Morgan fingerprint density at radius 2 is 1.76 bits per heavy atom. The molecule has 4 nitrogen and oxygen atoms in total. The highest BCUT2D eigenvalue weighted by Gasteiger charge is 2.09. The Labute approximate surface area is 121 Å². The van der Waals surface area contributed by atoms with Gasteiger partial charge in [-0.1, -0.05) is 24.3 Å². The van der Waals surface area contributed by atoms with Crippen molar-refractivity contribution in [2.75, 3.05) is 0 Å². The fourth-order valence-corrected chi connectivity index (χ4v) is 2.44. The molecule has 0 aliphatic carbocycles. The van der Waals surface area contributed by atoms with Crippen molar-refractivity contribution in [3.8, 4) is 0 Å². The van der Waals surface area contributed by atoms with E-state index in [9.17, 15) is 17.2 Å². The summed E-state index contributed by atoms with van der Waals surface area (Å²) in [7, 11) is -3.75. The Balaban J connectivity index is 2.03. The summed E-state index contributed by atoms with van der Waals surface area (Å²) in [6.45, 7) is 0.433. The summed E-state index contributed by atoms with van der Waals surface area (Å²) >= 11 is 0. The zero-order valence-corrected chi connectivity index (χ0v) is 11.8. The van der Waals surface area contributed by atoms with Crippen LogP contribution >= 0.6 is 0 Å². The highest BCUT2D eigenvalue weighted by atomic mass is 32.2. The van der Waals surface area contributed by atoms with Gasteiger partial charge in [0.1, 0.15) is 0 Å². The molecule has 112 valence electrons. The highest BCUT2D eigenvalue weighted by Crippen LogP contribution is 2.12. The number of primary sulfonamides is 1. The number of halogens is 2. The molecule has 0 bridgehead atoms. The van der Waals surface area contributed by atoms with Gasteiger partial charge in [-0.15, -0.1) is 0 Å². The molecule has 2 aromatic carbocycles. The lowest BCUT2D eigenvalue weighted by molar-refractivity contribution is 0.492. The van der Waals surface area contributed by atoms with Crippen LogP contribution in [0.2, 0.25) is 0 Å². The lowest BCUT2D eigenvalue weighted by Crippen LogP contribution is -2.16. The molecule has 0 spiro atoms. The van der Waals surface area contributed by atoms with E-state index in [1.807, 2.05) is 0 Å². The van der Waals surface area contributed by atoms with Crippen molar-refractivity contribution in [1.29, 1.82) is 0 Å². The third-order valence-electron chi connectivity index (χ3n) is 2.90. The molecule has 0 radical (unpaired) electrons. The molecule has 2 rings (SSSR count). The molecular weight excluding hydrogens is 298 g/mol. The second kappa shape index (κ2) is 6.30. The Bertz CT molecular complexity index is 748. The maximum Gasteiger partial charge on any atom is 0.238 e. The van der Waals surface area contributed by atoms with Gasteiger partial charge in [-0.25, -0.2) is 22.3 Å². The van der Waals surface area contributed by atoms with Crippen LogP contribution in [0.25, 0.3) is 0 Å². The molecule has 7 heteroatoms. The zero-order chi connectivity index (χ0) is 15.5. The molecule has 0 saturated carbocycles. The van der Waals surface area contributed by atoms with Gasteiger partial charge in [-0.3, -0.25) is 0 Å². The van der Waals surface area contributed by atoms with Gasteiger partial charge < -0.3 is 5.32 Å². The average molecular weight is 312 g/mol. The van der Waals surface area contributed by atoms with Crippen molar-refractivity contribution in [3.05, 3.63) is 65.2 Å². The number of rotatable bonds is 5. The minimum absolute atomic E-state index is 0.0127. The van der Waals surface area contributed by atoms with Crippen LogP contribution in [0, 0.1) is 11.6 Å². The van der Waals surface area contributed by atoms with Crippen LogP contribution in [-0.2, 0) is 23.1 Å². The Morgan fingerprint density at radius 3 is 2.48 bits per heavy atom. The van der Waals surface area contributed by atoms with Gasteiger partial charge in [0.25, 0.3) is 0 Å². The smallest absolute Gasteiger partial charge is 0.238 e. The van der Waals surface area contributed by atoms with Gasteiger partial charge in [-0.2, -0.15) is 0 Å². The number of sulfonamides is 1. The first-order valence-corrected chi connectivity index (χ1v) is 7.68. The van der Waals surface area contributed by atoms with Crippen LogP contribution in [0.1, 0.15) is 11.1 Å². The Morgan fingerprint density at radius 1 is 1.05 bits per heavy atom. The summed E-state index contributed by atoms with van der Waals surface area (Å²) in [4.78, 5) is 0.0127. The molecule has 3 N–H and O–H groups in total. The van der Waals surface area contributed by atoms with Gasteiger partial charge in [0.05, 0.1) is 4.90 Å². The fraction of sp³-hybridized carbons (Fsp3) is 0.143. The van der Waals surface area contributed by atoms with E-state index in [-0.39, 0.29) is 17.0 Å². The largest absolute Gasteiger partial charge is 0.309 e. The Hall–Kier alpha value is -1.83. The van der Waals surface area contributed by atoms with Crippen molar-refractivity contribution < 1.29 is 17.2 Å². The number of benzene rings is 2. The summed E-state index contributed by atoms with van der Waals surface area (Å²) in [6, 6.07) is 10.1. The molecule has 0 saturated heterocycles. The van der Waals surface area contributed by atoms with Crippen LogP contribution < -0.4 is 10.5 Å². The lowest BCUT2D eigenvalue weighted by atomic mass is 10.2. The summed E-state index contributed by atoms with van der Waals surface area (Å²) in [5.41, 5.74) is 0.885. The predicted octanol–water partition coefficient (Wildman–Crippen LogP) is 1.90. The quantitative estimate of drug-likeness (QED) is 0.886. The predicted molar refractivity (Wildman–Crippen MR) is 74.7 cm³/mol. The lowest BCUT2D eigenvalue weighted by Gasteiger charge is -2.07. The molecule has 0 amide bonds. The topological polar surface area (TPSA) is 72.2 Å². The van der Waals surface area contributed by atoms with Crippen molar-refractivity contribution in [1.82, 2.24) is 5.32 Å². The SMILES string of the molecule is NS(=O)(=O)c1cccc(CNCc2cccc(F)c2F)c1. The second-order valence-electron chi connectivity index (χ2n) is 4.51. The first kappa shape index (κ1) is 15.6. The minimum atomic E-state index is -3.75. The van der Waals surface area contributed by atoms with Gasteiger partial charge in [0.15, 0.2) is 11.6 Å². The van der Waals surface area contributed by atoms with Crippen LogP contribution in [0.5, 0.6) is 0 Å². The molecule has 0 unspecified atom stereocenters. The molecule has 0 heterocycles. The summed E-state index contributed by atoms with van der Waals surface area (Å²) in [5.74, 6) is -1.78. The van der Waals surface area contributed by atoms with E-state index in [0.717, 1.165) is 6.07 Å². The van der Waals surface area contributed by atoms with E-state index in [1.54, 1.807) is 12.1 Å². The first-order valence-electron chi connectivity index (χ1n) is 6.13. The van der Waals surface area contributed by atoms with Crippen LogP contribution in [0.4, 0.5) is 8.78 Å². The van der Waals surface area contributed by atoms with Crippen molar-refractivity contribution in [2.24, 2.45) is 5.14 Å². The molecule has 0 atom stereocenters. The van der Waals surface area contributed by atoms with E-state index in [4.69, 9.17) is 5.14 Å². The first-order chi connectivity index (χ1) is 9.88. The normalized spacial score (nSPS) is 11.6. The van der Waals surface area contributed by atoms with Crippen molar-refractivity contribution in [2.45, 2.75) is 18.0 Å².